The first kappa shape index (κ1) is 18.8. The van der Waals surface area contributed by atoms with Crippen LogP contribution in [-0.4, -0.2) is 12.1 Å². The number of carbonyl (C=O) groups is 1. The summed E-state index contributed by atoms with van der Waals surface area (Å²) < 4.78 is 40.0. The molecule has 0 aliphatic rings. The molecule has 0 radical (unpaired) electrons. The van der Waals surface area contributed by atoms with Crippen LogP contribution in [0.3, 0.4) is 0 Å². The summed E-state index contributed by atoms with van der Waals surface area (Å²) in [4.78, 5) is 12.6. The predicted octanol–water partition coefficient (Wildman–Crippen LogP) is 5.95. The van der Waals surface area contributed by atoms with Crippen molar-refractivity contribution in [2.24, 2.45) is 0 Å². The Bertz CT molecular complexity index is 716. The van der Waals surface area contributed by atoms with E-state index in [0.717, 1.165) is 4.47 Å². The summed E-state index contributed by atoms with van der Waals surface area (Å²) in [7, 11) is 0. The number of hydrogen-bond donors (Lipinski definition) is 1. The summed E-state index contributed by atoms with van der Waals surface area (Å²) in [5.74, 6) is -0.732. The largest absolute Gasteiger partial charge is 0.390 e. The molecule has 1 amide bonds. The smallest absolute Gasteiger partial charge is 0.325 e. The van der Waals surface area contributed by atoms with Crippen LogP contribution in [0.15, 0.2) is 53.0 Å². The maximum absolute atomic E-state index is 13.1. The summed E-state index contributed by atoms with van der Waals surface area (Å²) in [6.45, 7) is 1.28. The fraction of sp³-hybridized carbons (Fsp3) is 0.235. The molecule has 1 N–H and O–H groups in total. The fourth-order valence-corrected chi connectivity index (χ4v) is 2.72. The molecule has 2 aromatic rings. The van der Waals surface area contributed by atoms with E-state index in [1.165, 1.54) is 31.2 Å². The van der Waals surface area contributed by atoms with Crippen molar-refractivity contribution in [3.05, 3.63) is 63.6 Å². The van der Waals surface area contributed by atoms with Gasteiger partial charge >= 0.3 is 6.18 Å². The molecule has 2 rings (SSSR count). The molecule has 1 unspecified atom stereocenters. The zero-order valence-electron chi connectivity index (χ0n) is 12.6. The first-order valence-corrected chi connectivity index (χ1v) is 8.17. The van der Waals surface area contributed by atoms with Crippen molar-refractivity contribution in [3.8, 4) is 0 Å². The van der Waals surface area contributed by atoms with Gasteiger partial charge in [-0.15, -0.1) is 0 Å². The Morgan fingerprint density at radius 2 is 1.62 bits per heavy atom. The van der Waals surface area contributed by atoms with Crippen LogP contribution in [0.2, 0.25) is 5.02 Å². The van der Waals surface area contributed by atoms with Crippen molar-refractivity contribution >= 4 is 39.1 Å². The molecule has 1 atom stereocenters. The van der Waals surface area contributed by atoms with Crippen LogP contribution in [-0.2, 0) is 10.2 Å². The second kappa shape index (κ2) is 7.15. The van der Waals surface area contributed by atoms with E-state index >= 15 is 0 Å². The number of carbonyl (C=O) groups excluding carboxylic acids is 1. The minimum absolute atomic E-state index is 0.249. The summed E-state index contributed by atoms with van der Waals surface area (Å²) >= 11 is 9.05. The van der Waals surface area contributed by atoms with E-state index in [4.69, 9.17) is 11.6 Å². The number of hydrogen-bond acceptors (Lipinski definition) is 1. The van der Waals surface area contributed by atoms with E-state index in [2.05, 4.69) is 21.2 Å². The minimum atomic E-state index is -4.49. The fourth-order valence-electron chi connectivity index (χ4n) is 2.33. The van der Waals surface area contributed by atoms with Gasteiger partial charge in [0.2, 0.25) is 5.91 Å². The lowest BCUT2D eigenvalue weighted by molar-refractivity contribution is -0.155. The Hall–Kier alpha value is -1.53. The number of anilines is 1. The first-order valence-electron chi connectivity index (χ1n) is 7.00. The lowest BCUT2D eigenvalue weighted by Crippen LogP contribution is -2.41. The molecule has 2 aromatic carbocycles. The molecule has 0 fully saturated rings. The van der Waals surface area contributed by atoms with Crippen LogP contribution >= 0.6 is 27.5 Å². The molecule has 0 spiro atoms. The van der Waals surface area contributed by atoms with Crippen molar-refractivity contribution in [1.29, 1.82) is 0 Å². The lowest BCUT2D eigenvalue weighted by atomic mass is 9.78. The van der Waals surface area contributed by atoms with Gasteiger partial charge in [0.05, 0.1) is 11.8 Å². The highest BCUT2D eigenvalue weighted by atomic mass is 79.9. The summed E-state index contributed by atoms with van der Waals surface area (Å²) in [5, 5.41) is 2.94. The Morgan fingerprint density at radius 3 is 2.12 bits per heavy atom. The van der Waals surface area contributed by atoms with Gasteiger partial charge in [-0.2, -0.15) is 13.2 Å². The van der Waals surface area contributed by atoms with Gasteiger partial charge in [-0.05, 0) is 48.9 Å². The first-order chi connectivity index (χ1) is 11.1. The maximum Gasteiger partial charge on any atom is 0.390 e. The Labute approximate surface area is 151 Å². The van der Waals surface area contributed by atoms with E-state index in [1.54, 1.807) is 24.3 Å². The van der Waals surface area contributed by atoms with Crippen molar-refractivity contribution in [2.75, 3.05) is 5.32 Å². The van der Waals surface area contributed by atoms with Crippen LogP contribution < -0.4 is 5.32 Å². The standard InChI is InChI=1S/C17H14BrClF3NO/c1-16(10-17(20,21)22,11-2-6-13(19)7-3-11)15(24)23-14-8-4-12(18)5-9-14/h2-9H,10H2,1H3,(H,23,24). The topological polar surface area (TPSA) is 29.1 Å². The number of amides is 1. The SMILES string of the molecule is CC(CC(F)(F)F)(C(=O)Nc1ccc(Br)cc1)c1ccc(Cl)cc1. The van der Waals surface area contributed by atoms with Gasteiger partial charge in [0.1, 0.15) is 0 Å². The highest BCUT2D eigenvalue weighted by Gasteiger charge is 2.45. The number of halogens is 5. The van der Waals surface area contributed by atoms with Gasteiger partial charge < -0.3 is 5.32 Å². The summed E-state index contributed by atoms with van der Waals surface area (Å²) in [6, 6.07) is 12.4. The molecule has 0 aliphatic carbocycles. The van der Waals surface area contributed by atoms with Gasteiger partial charge in [-0.25, -0.2) is 0 Å². The molecule has 7 heteroatoms. The molecular formula is C17H14BrClF3NO. The average molecular weight is 421 g/mol. The molecule has 0 aliphatic heterocycles. The van der Waals surface area contributed by atoms with Crippen molar-refractivity contribution < 1.29 is 18.0 Å². The van der Waals surface area contributed by atoms with E-state index < -0.39 is 23.9 Å². The Morgan fingerprint density at radius 1 is 1.08 bits per heavy atom. The zero-order valence-corrected chi connectivity index (χ0v) is 15.0. The van der Waals surface area contributed by atoms with Crippen LogP contribution in [0.1, 0.15) is 18.9 Å². The van der Waals surface area contributed by atoms with E-state index in [1.807, 2.05) is 0 Å². The van der Waals surface area contributed by atoms with Gasteiger partial charge in [0.15, 0.2) is 0 Å². The normalized spacial score (nSPS) is 14.1. The Balaban J connectivity index is 2.35. The second-order valence-electron chi connectivity index (χ2n) is 5.59. The van der Waals surface area contributed by atoms with Gasteiger partial charge in [-0.1, -0.05) is 39.7 Å². The van der Waals surface area contributed by atoms with Gasteiger partial charge in [-0.3, -0.25) is 4.79 Å². The molecule has 0 saturated heterocycles. The summed E-state index contributed by atoms with van der Waals surface area (Å²) in [6.07, 6.45) is -5.77. The highest BCUT2D eigenvalue weighted by molar-refractivity contribution is 9.10. The Kier molecular flexibility index (Phi) is 5.60. The van der Waals surface area contributed by atoms with Crippen molar-refractivity contribution in [2.45, 2.75) is 24.9 Å². The molecule has 0 aromatic heterocycles. The lowest BCUT2D eigenvalue weighted by Gasteiger charge is -2.30. The zero-order chi connectivity index (χ0) is 18.0. The third-order valence-electron chi connectivity index (χ3n) is 3.64. The van der Waals surface area contributed by atoms with Gasteiger partial charge in [0.25, 0.3) is 0 Å². The second-order valence-corrected chi connectivity index (χ2v) is 6.94. The van der Waals surface area contributed by atoms with Crippen LogP contribution in [0.5, 0.6) is 0 Å². The van der Waals surface area contributed by atoms with E-state index in [9.17, 15) is 18.0 Å². The number of rotatable bonds is 4. The predicted molar refractivity (Wildman–Crippen MR) is 92.2 cm³/mol. The number of benzene rings is 2. The molecule has 0 bridgehead atoms. The molecule has 24 heavy (non-hydrogen) atoms. The van der Waals surface area contributed by atoms with Crippen molar-refractivity contribution in [1.82, 2.24) is 0 Å². The van der Waals surface area contributed by atoms with Crippen molar-refractivity contribution in [3.63, 3.8) is 0 Å². The average Bonchev–Trinajstić information content (AvgIpc) is 2.48. The molecule has 0 heterocycles. The van der Waals surface area contributed by atoms with E-state index in [-0.39, 0.29) is 5.56 Å². The monoisotopic (exact) mass is 419 g/mol. The number of alkyl halides is 3. The molecular weight excluding hydrogens is 407 g/mol. The minimum Gasteiger partial charge on any atom is -0.325 e. The quantitative estimate of drug-likeness (QED) is 0.650. The molecule has 128 valence electrons. The summed E-state index contributed by atoms with van der Waals surface area (Å²) in [5.41, 5.74) is -1.10. The molecule has 0 saturated carbocycles. The molecule has 2 nitrogen and oxygen atoms in total. The van der Waals surface area contributed by atoms with E-state index in [0.29, 0.717) is 10.7 Å². The van der Waals surface area contributed by atoms with Crippen LogP contribution in [0.25, 0.3) is 0 Å². The van der Waals surface area contributed by atoms with Gasteiger partial charge in [0, 0.05) is 15.2 Å². The number of nitrogens with one attached hydrogen (secondary N) is 1. The third kappa shape index (κ3) is 4.74. The maximum atomic E-state index is 13.1. The third-order valence-corrected chi connectivity index (χ3v) is 4.42. The van der Waals surface area contributed by atoms with Crippen LogP contribution in [0.4, 0.5) is 18.9 Å². The highest BCUT2D eigenvalue weighted by Crippen LogP contribution is 2.38. The van der Waals surface area contributed by atoms with Crippen LogP contribution in [0, 0.1) is 0 Å².